The van der Waals surface area contributed by atoms with Crippen LogP contribution in [0.1, 0.15) is 32.6 Å². The molecule has 3 atom stereocenters. The first-order chi connectivity index (χ1) is 10.6. The normalized spacial score (nSPS) is 22.7. The minimum atomic E-state index is -3.62. The van der Waals surface area contributed by atoms with Crippen LogP contribution in [0.3, 0.4) is 0 Å². The van der Waals surface area contributed by atoms with Crippen molar-refractivity contribution in [2.24, 2.45) is 5.92 Å². The maximum atomic E-state index is 11.2. The Morgan fingerprint density at radius 3 is 2.13 bits per heavy atom. The fraction of sp³-hybridized carbons (Fsp3) is 1.00. The van der Waals surface area contributed by atoms with E-state index in [0.29, 0.717) is 19.4 Å². The molecule has 0 bridgehead atoms. The van der Waals surface area contributed by atoms with Crippen molar-refractivity contribution in [2.75, 3.05) is 32.3 Å². The van der Waals surface area contributed by atoms with Gasteiger partial charge in [0, 0.05) is 12.5 Å². The molecule has 1 aliphatic heterocycles. The first kappa shape index (κ1) is 20.8. The summed E-state index contributed by atoms with van der Waals surface area (Å²) in [6.45, 7) is 2.12. The highest BCUT2D eigenvalue weighted by atomic mass is 32.2. The van der Waals surface area contributed by atoms with Crippen LogP contribution in [-0.2, 0) is 38.1 Å². The van der Waals surface area contributed by atoms with Gasteiger partial charge in [0.2, 0.25) is 0 Å². The molecule has 8 nitrogen and oxygen atoms in total. The van der Waals surface area contributed by atoms with Crippen molar-refractivity contribution in [3.05, 3.63) is 0 Å². The van der Waals surface area contributed by atoms with Gasteiger partial charge >= 0.3 is 0 Å². The zero-order chi connectivity index (χ0) is 17.5. The quantitative estimate of drug-likeness (QED) is 0.519. The van der Waals surface area contributed by atoms with Gasteiger partial charge in [0.05, 0.1) is 31.8 Å². The molecule has 0 aliphatic carbocycles. The molecule has 23 heavy (non-hydrogen) atoms. The van der Waals surface area contributed by atoms with Gasteiger partial charge in [-0.25, -0.2) is 0 Å². The Labute approximate surface area is 138 Å². The van der Waals surface area contributed by atoms with Gasteiger partial charge in [-0.3, -0.25) is 8.37 Å². The van der Waals surface area contributed by atoms with Crippen LogP contribution < -0.4 is 0 Å². The first-order valence-corrected chi connectivity index (χ1v) is 11.2. The van der Waals surface area contributed by atoms with Gasteiger partial charge in [-0.05, 0) is 25.7 Å². The van der Waals surface area contributed by atoms with Gasteiger partial charge < -0.3 is 9.47 Å². The molecule has 1 heterocycles. The summed E-state index contributed by atoms with van der Waals surface area (Å²) in [5, 5.41) is 0. The Morgan fingerprint density at radius 1 is 1.04 bits per heavy atom. The minimum absolute atomic E-state index is 0.0974. The van der Waals surface area contributed by atoms with Crippen LogP contribution in [0, 0.1) is 5.92 Å². The molecular weight excluding hydrogens is 348 g/mol. The molecule has 2 unspecified atom stereocenters. The molecule has 1 rings (SSSR count). The summed E-state index contributed by atoms with van der Waals surface area (Å²) in [7, 11) is -7.21. The van der Waals surface area contributed by atoms with Crippen molar-refractivity contribution in [1.29, 1.82) is 0 Å². The van der Waals surface area contributed by atoms with E-state index in [0.717, 1.165) is 25.4 Å². The molecule has 0 amide bonds. The summed E-state index contributed by atoms with van der Waals surface area (Å²) in [6, 6.07) is 0. The summed E-state index contributed by atoms with van der Waals surface area (Å²) in [4.78, 5) is 0. The summed E-state index contributed by atoms with van der Waals surface area (Å²) in [6.07, 6.45) is 4.00. The molecule has 0 aromatic rings. The topological polar surface area (TPSA) is 105 Å². The van der Waals surface area contributed by atoms with E-state index in [1.807, 2.05) is 6.92 Å². The summed E-state index contributed by atoms with van der Waals surface area (Å²) < 4.78 is 65.8. The van der Waals surface area contributed by atoms with Crippen molar-refractivity contribution in [1.82, 2.24) is 0 Å². The molecule has 0 aromatic heterocycles. The molecular formula is C13H26O8S2. The third kappa shape index (κ3) is 9.58. The van der Waals surface area contributed by atoms with Crippen molar-refractivity contribution in [3.8, 4) is 0 Å². The van der Waals surface area contributed by atoms with Crippen molar-refractivity contribution in [2.45, 2.75) is 45.0 Å². The highest BCUT2D eigenvalue weighted by molar-refractivity contribution is 7.86. The molecule has 1 fully saturated rings. The zero-order valence-electron chi connectivity index (χ0n) is 13.8. The van der Waals surface area contributed by atoms with Crippen LogP contribution in [0.5, 0.6) is 0 Å². The van der Waals surface area contributed by atoms with Gasteiger partial charge in [-0.15, -0.1) is 0 Å². The monoisotopic (exact) mass is 374 g/mol. The van der Waals surface area contributed by atoms with Crippen LogP contribution in [0.15, 0.2) is 0 Å². The Bertz CT molecular complexity index is 536. The fourth-order valence-corrected chi connectivity index (χ4v) is 2.99. The van der Waals surface area contributed by atoms with Crippen molar-refractivity contribution < 1.29 is 34.7 Å². The summed E-state index contributed by atoms with van der Waals surface area (Å²) >= 11 is 0. The third-order valence-electron chi connectivity index (χ3n) is 3.46. The zero-order valence-corrected chi connectivity index (χ0v) is 15.4. The predicted molar refractivity (Wildman–Crippen MR) is 83.8 cm³/mol. The van der Waals surface area contributed by atoms with Crippen LogP contribution in [0.2, 0.25) is 0 Å². The van der Waals surface area contributed by atoms with Crippen LogP contribution >= 0.6 is 0 Å². The second kappa shape index (κ2) is 9.28. The Hall–Kier alpha value is -0.260. The third-order valence-corrected chi connectivity index (χ3v) is 4.59. The van der Waals surface area contributed by atoms with E-state index >= 15 is 0 Å². The molecule has 0 spiro atoms. The van der Waals surface area contributed by atoms with Gasteiger partial charge in [-0.1, -0.05) is 6.92 Å². The second-order valence-electron chi connectivity index (χ2n) is 5.62. The smallest absolute Gasteiger partial charge is 0.264 e. The van der Waals surface area contributed by atoms with Crippen LogP contribution in [-0.4, -0.2) is 61.6 Å². The van der Waals surface area contributed by atoms with Crippen molar-refractivity contribution >= 4 is 20.2 Å². The van der Waals surface area contributed by atoms with E-state index < -0.39 is 32.6 Å². The van der Waals surface area contributed by atoms with E-state index in [4.69, 9.17) is 17.8 Å². The van der Waals surface area contributed by atoms with Crippen LogP contribution in [0.4, 0.5) is 0 Å². The molecule has 0 saturated carbocycles. The lowest BCUT2D eigenvalue weighted by molar-refractivity contribution is -0.205. The summed E-state index contributed by atoms with van der Waals surface area (Å²) in [5.41, 5.74) is 0. The molecule has 0 aromatic carbocycles. The highest BCUT2D eigenvalue weighted by Gasteiger charge is 2.28. The first-order valence-electron chi connectivity index (χ1n) is 7.56. The number of hydrogen-bond acceptors (Lipinski definition) is 8. The number of hydrogen-bond donors (Lipinski definition) is 0. The second-order valence-corrected chi connectivity index (χ2v) is 8.90. The average Bonchev–Trinajstić information content (AvgIpc) is 2.44. The maximum absolute atomic E-state index is 11.2. The Kier molecular flexibility index (Phi) is 8.39. The lowest BCUT2D eigenvalue weighted by Gasteiger charge is -2.31. The molecule has 1 aliphatic rings. The lowest BCUT2D eigenvalue weighted by atomic mass is 10.0. The van der Waals surface area contributed by atoms with Gasteiger partial charge in [0.1, 0.15) is 0 Å². The minimum Gasteiger partial charge on any atom is -0.353 e. The predicted octanol–water partition coefficient (Wildman–Crippen LogP) is 0.877. The average molecular weight is 374 g/mol. The van der Waals surface area contributed by atoms with E-state index in [2.05, 4.69) is 0 Å². The SMILES string of the molecule is CCC(COS(C)(=O)=O)[C@@H](COS(C)(=O)=O)OC1CCCCO1. The molecule has 1 saturated heterocycles. The Balaban J connectivity index is 2.72. The Morgan fingerprint density at radius 2 is 1.65 bits per heavy atom. The molecule has 138 valence electrons. The van der Waals surface area contributed by atoms with E-state index in [1.54, 1.807) is 0 Å². The fourth-order valence-electron chi connectivity index (χ4n) is 2.19. The van der Waals surface area contributed by atoms with Crippen molar-refractivity contribution in [3.63, 3.8) is 0 Å². The van der Waals surface area contributed by atoms with Gasteiger partial charge in [-0.2, -0.15) is 16.8 Å². The van der Waals surface area contributed by atoms with Gasteiger partial charge in [0.25, 0.3) is 20.2 Å². The number of rotatable bonds is 10. The van der Waals surface area contributed by atoms with E-state index in [-0.39, 0.29) is 19.1 Å². The van der Waals surface area contributed by atoms with Gasteiger partial charge in [0.15, 0.2) is 6.29 Å². The standard InChI is InChI=1S/C13H26O8S2/c1-4-11(9-19-22(2,14)15)12(10-20-23(3,16)17)21-13-7-5-6-8-18-13/h11-13H,4-10H2,1-3H3/t11?,12-,13?/m1/s1. The van der Waals surface area contributed by atoms with E-state index in [9.17, 15) is 16.8 Å². The number of ether oxygens (including phenoxy) is 2. The molecule has 10 heteroatoms. The van der Waals surface area contributed by atoms with E-state index in [1.165, 1.54) is 0 Å². The summed E-state index contributed by atoms with van der Waals surface area (Å²) in [5.74, 6) is -0.336. The lowest BCUT2D eigenvalue weighted by Crippen LogP contribution is -2.38. The molecule has 0 radical (unpaired) electrons. The van der Waals surface area contributed by atoms with Crippen LogP contribution in [0.25, 0.3) is 0 Å². The maximum Gasteiger partial charge on any atom is 0.264 e. The highest BCUT2D eigenvalue weighted by Crippen LogP contribution is 2.22. The molecule has 0 N–H and O–H groups in total. The largest absolute Gasteiger partial charge is 0.353 e.